The van der Waals surface area contributed by atoms with Gasteiger partial charge in [0.25, 0.3) is 5.91 Å². The van der Waals surface area contributed by atoms with Gasteiger partial charge in [-0.3, -0.25) is 9.59 Å². The van der Waals surface area contributed by atoms with Gasteiger partial charge in [-0.2, -0.15) is 4.98 Å². The molecule has 1 aliphatic carbocycles. The van der Waals surface area contributed by atoms with E-state index >= 15 is 0 Å². The molecule has 0 unspecified atom stereocenters. The Morgan fingerprint density at radius 3 is 2.54 bits per heavy atom. The van der Waals surface area contributed by atoms with Crippen molar-refractivity contribution in [2.45, 2.75) is 18.8 Å². The van der Waals surface area contributed by atoms with Gasteiger partial charge in [0.1, 0.15) is 12.4 Å². The molecule has 1 saturated carbocycles. The Morgan fingerprint density at radius 2 is 1.92 bits per heavy atom. The molecule has 0 atom stereocenters. The number of nitrogen functional groups attached to an aromatic ring is 1. The molecule has 1 amide bonds. The maximum absolute atomic E-state index is 12.3. The van der Waals surface area contributed by atoms with Crippen LogP contribution in [-0.4, -0.2) is 33.5 Å². The molecule has 124 valence electrons. The molecule has 0 saturated heterocycles. The van der Waals surface area contributed by atoms with Gasteiger partial charge < -0.3 is 21.5 Å². The van der Waals surface area contributed by atoms with Crippen molar-refractivity contribution in [3.63, 3.8) is 0 Å². The molecule has 0 bridgehead atoms. The first-order valence-electron chi connectivity index (χ1n) is 7.53. The van der Waals surface area contributed by atoms with Gasteiger partial charge in [-0.05, 0) is 37.1 Å². The number of nitrogens with zero attached hydrogens (tertiary/aromatic N) is 2. The summed E-state index contributed by atoms with van der Waals surface area (Å²) in [7, 11) is 0. The highest BCUT2D eigenvalue weighted by atomic mass is 16.4. The normalized spacial score (nSPS) is 13.3. The van der Waals surface area contributed by atoms with Crippen LogP contribution in [0.5, 0.6) is 0 Å². The SMILES string of the molecule is Nc1ccc(C(=O)Nc2cc(C3CC3)nc(NCC(=O)O)n2)cc1. The average Bonchev–Trinajstić information content (AvgIpc) is 3.38. The van der Waals surface area contributed by atoms with E-state index < -0.39 is 5.97 Å². The summed E-state index contributed by atoms with van der Waals surface area (Å²) in [6.07, 6.45) is 2.06. The van der Waals surface area contributed by atoms with E-state index in [0.717, 1.165) is 18.5 Å². The molecule has 1 aromatic carbocycles. The van der Waals surface area contributed by atoms with E-state index in [0.29, 0.717) is 23.0 Å². The van der Waals surface area contributed by atoms with Gasteiger partial charge in [0.05, 0.1) is 5.69 Å². The summed E-state index contributed by atoms with van der Waals surface area (Å²) in [5, 5.41) is 14.1. The number of carboxylic acids is 1. The zero-order chi connectivity index (χ0) is 17.1. The second kappa shape index (κ2) is 6.53. The second-order valence-electron chi connectivity index (χ2n) is 5.60. The highest BCUT2D eigenvalue weighted by Crippen LogP contribution is 2.39. The van der Waals surface area contributed by atoms with Crippen molar-refractivity contribution >= 4 is 29.3 Å². The minimum atomic E-state index is -1.01. The summed E-state index contributed by atoms with van der Waals surface area (Å²) >= 11 is 0. The summed E-state index contributed by atoms with van der Waals surface area (Å²) in [4.78, 5) is 31.4. The predicted molar refractivity (Wildman–Crippen MR) is 88.9 cm³/mol. The van der Waals surface area contributed by atoms with E-state index in [4.69, 9.17) is 10.8 Å². The highest BCUT2D eigenvalue weighted by Gasteiger charge is 2.26. The van der Waals surface area contributed by atoms with E-state index in [1.54, 1.807) is 30.3 Å². The standard InChI is InChI=1S/C16H17N5O3/c17-11-5-3-10(4-6-11)15(24)20-13-7-12(9-1-2-9)19-16(21-13)18-8-14(22)23/h3-7,9H,1-2,8,17H2,(H,22,23)(H2,18,19,20,21,24). The Balaban J connectivity index is 1.79. The zero-order valence-electron chi connectivity index (χ0n) is 12.8. The van der Waals surface area contributed by atoms with Crippen LogP contribution in [0, 0.1) is 0 Å². The molecule has 1 heterocycles. The largest absolute Gasteiger partial charge is 0.480 e. The molecule has 2 aromatic rings. The molecule has 1 aliphatic rings. The van der Waals surface area contributed by atoms with Crippen LogP contribution in [0.15, 0.2) is 30.3 Å². The number of rotatable bonds is 6. The monoisotopic (exact) mass is 327 g/mol. The maximum atomic E-state index is 12.3. The number of benzene rings is 1. The highest BCUT2D eigenvalue weighted by molar-refractivity contribution is 6.04. The second-order valence-corrected chi connectivity index (χ2v) is 5.60. The third kappa shape index (κ3) is 3.97. The van der Waals surface area contributed by atoms with Crippen molar-refractivity contribution in [2.75, 3.05) is 22.9 Å². The third-order valence-electron chi connectivity index (χ3n) is 3.55. The van der Waals surface area contributed by atoms with Gasteiger partial charge in [-0.25, -0.2) is 4.98 Å². The van der Waals surface area contributed by atoms with Gasteiger partial charge >= 0.3 is 5.97 Å². The van der Waals surface area contributed by atoms with Crippen molar-refractivity contribution < 1.29 is 14.7 Å². The summed E-state index contributed by atoms with van der Waals surface area (Å²) in [6.45, 7) is -0.292. The Kier molecular flexibility index (Phi) is 4.28. The molecule has 8 heteroatoms. The summed E-state index contributed by atoms with van der Waals surface area (Å²) in [6, 6.07) is 8.25. The lowest BCUT2D eigenvalue weighted by Crippen LogP contribution is -2.17. The Bertz CT molecular complexity index is 772. The fraction of sp³-hybridized carbons (Fsp3) is 0.250. The van der Waals surface area contributed by atoms with E-state index in [-0.39, 0.29) is 18.4 Å². The van der Waals surface area contributed by atoms with E-state index in [1.165, 1.54) is 0 Å². The third-order valence-corrected chi connectivity index (χ3v) is 3.55. The van der Waals surface area contributed by atoms with Crippen molar-refractivity contribution in [2.24, 2.45) is 0 Å². The van der Waals surface area contributed by atoms with Crippen LogP contribution < -0.4 is 16.4 Å². The van der Waals surface area contributed by atoms with Crippen LogP contribution in [0.1, 0.15) is 34.8 Å². The molecule has 8 nitrogen and oxygen atoms in total. The quantitative estimate of drug-likeness (QED) is 0.594. The number of hydrogen-bond acceptors (Lipinski definition) is 6. The Labute approximate surface area is 138 Å². The van der Waals surface area contributed by atoms with Crippen molar-refractivity contribution in [3.8, 4) is 0 Å². The topological polar surface area (TPSA) is 130 Å². The predicted octanol–water partition coefficient (Wildman–Crippen LogP) is 1.68. The molecule has 0 spiro atoms. The van der Waals surface area contributed by atoms with Crippen molar-refractivity contribution in [1.29, 1.82) is 0 Å². The summed E-state index contributed by atoms with van der Waals surface area (Å²) < 4.78 is 0. The summed E-state index contributed by atoms with van der Waals surface area (Å²) in [5.41, 5.74) is 7.43. The fourth-order valence-electron chi connectivity index (χ4n) is 2.17. The number of nitrogens with two attached hydrogens (primary N) is 1. The van der Waals surface area contributed by atoms with Gasteiger partial charge in [0, 0.05) is 23.2 Å². The van der Waals surface area contributed by atoms with E-state index in [9.17, 15) is 9.59 Å². The van der Waals surface area contributed by atoms with E-state index in [2.05, 4.69) is 20.6 Å². The number of anilines is 3. The van der Waals surface area contributed by atoms with Gasteiger partial charge in [-0.1, -0.05) is 0 Å². The molecule has 1 aromatic heterocycles. The molecule has 0 radical (unpaired) electrons. The van der Waals surface area contributed by atoms with Crippen LogP contribution in [0.4, 0.5) is 17.5 Å². The Morgan fingerprint density at radius 1 is 1.21 bits per heavy atom. The van der Waals surface area contributed by atoms with E-state index in [1.807, 2.05) is 0 Å². The van der Waals surface area contributed by atoms with Gasteiger partial charge in [0.2, 0.25) is 5.95 Å². The number of aliphatic carboxylic acids is 1. The van der Waals surface area contributed by atoms with Gasteiger partial charge in [0.15, 0.2) is 0 Å². The number of hydrogen-bond donors (Lipinski definition) is 4. The number of nitrogens with one attached hydrogen (secondary N) is 2. The van der Waals surface area contributed by atoms with Gasteiger partial charge in [-0.15, -0.1) is 0 Å². The maximum Gasteiger partial charge on any atom is 0.322 e. The zero-order valence-corrected chi connectivity index (χ0v) is 12.8. The lowest BCUT2D eigenvalue weighted by molar-refractivity contribution is -0.134. The molecule has 1 fully saturated rings. The fourth-order valence-corrected chi connectivity index (χ4v) is 2.17. The lowest BCUT2D eigenvalue weighted by atomic mass is 10.2. The Hall–Kier alpha value is -3.16. The average molecular weight is 327 g/mol. The number of carbonyl (C=O) groups is 2. The number of carboxylic acid groups (broad SMARTS) is 1. The van der Waals surface area contributed by atoms with Crippen molar-refractivity contribution in [3.05, 3.63) is 41.6 Å². The minimum Gasteiger partial charge on any atom is -0.480 e. The first-order valence-corrected chi connectivity index (χ1v) is 7.53. The van der Waals surface area contributed by atoms with Crippen molar-refractivity contribution in [1.82, 2.24) is 9.97 Å². The van der Waals surface area contributed by atoms with Crippen LogP contribution in [-0.2, 0) is 4.79 Å². The number of carbonyl (C=O) groups excluding carboxylic acids is 1. The smallest absolute Gasteiger partial charge is 0.322 e. The lowest BCUT2D eigenvalue weighted by Gasteiger charge is -2.09. The first-order chi connectivity index (χ1) is 11.5. The van der Waals surface area contributed by atoms with Crippen LogP contribution in [0.25, 0.3) is 0 Å². The molecular weight excluding hydrogens is 310 g/mol. The van der Waals surface area contributed by atoms with Crippen LogP contribution in [0.3, 0.4) is 0 Å². The number of amides is 1. The first kappa shape index (κ1) is 15.7. The molecule has 0 aliphatic heterocycles. The molecule has 3 rings (SSSR count). The van der Waals surface area contributed by atoms with Crippen LogP contribution >= 0.6 is 0 Å². The number of aromatic nitrogens is 2. The molecular formula is C16H17N5O3. The van der Waals surface area contributed by atoms with Crippen LogP contribution in [0.2, 0.25) is 0 Å². The molecule has 5 N–H and O–H groups in total. The summed E-state index contributed by atoms with van der Waals surface area (Å²) in [5.74, 6) is -0.468. The molecule has 24 heavy (non-hydrogen) atoms. The minimum absolute atomic E-state index is 0.189.